The Morgan fingerprint density at radius 2 is 1.70 bits per heavy atom. The summed E-state index contributed by atoms with van der Waals surface area (Å²) in [6, 6.07) is 8.21. The van der Waals surface area contributed by atoms with Crippen molar-refractivity contribution in [3.63, 3.8) is 0 Å². The molecule has 1 N–H and O–H groups in total. The number of hydrogen-bond acceptors (Lipinski definition) is 5. The van der Waals surface area contributed by atoms with Crippen LogP contribution in [0.2, 0.25) is 0 Å². The minimum absolute atomic E-state index is 0.0996. The molecule has 2 heterocycles. The maximum Gasteiger partial charge on any atom is 0.257 e. The molecule has 1 aromatic heterocycles. The highest BCUT2D eigenvalue weighted by Gasteiger charge is 2.29. The van der Waals surface area contributed by atoms with Gasteiger partial charge in [0.2, 0.25) is 5.91 Å². The Morgan fingerprint density at radius 3 is 2.37 bits per heavy atom. The predicted octanol–water partition coefficient (Wildman–Crippen LogP) is 3.30. The van der Waals surface area contributed by atoms with E-state index in [1.54, 1.807) is 7.11 Å². The third-order valence-electron chi connectivity index (χ3n) is 5.83. The summed E-state index contributed by atoms with van der Waals surface area (Å²) >= 11 is 0. The molecule has 0 unspecified atom stereocenters. The zero-order valence-electron chi connectivity index (χ0n) is 16.0. The molecule has 0 atom stereocenters. The quantitative estimate of drug-likeness (QED) is 0.897. The monoisotopic (exact) mass is 368 g/mol. The van der Waals surface area contributed by atoms with Crippen LogP contribution in [0.25, 0.3) is 11.0 Å². The van der Waals surface area contributed by atoms with Crippen molar-refractivity contribution >= 4 is 22.8 Å². The van der Waals surface area contributed by atoms with Gasteiger partial charge in [0.1, 0.15) is 0 Å². The molecule has 1 aliphatic heterocycles. The Morgan fingerprint density at radius 1 is 1.04 bits per heavy atom. The first kappa shape index (κ1) is 18.0. The van der Waals surface area contributed by atoms with Crippen molar-refractivity contribution in [1.82, 2.24) is 15.3 Å². The van der Waals surface area contributed by atoms with Crippen LogP contribution in [-0.4, -0.2) is 42.1 Å². The van der Waals surface area contributed by atoms with Crippen LogP contribution in [0.4, 0.5) is 5.82 Å². The van der Waals surface area contributed by atoms with Gasteiger partial charge in [-0.25, -0.2) is 9.97 Å². The number of benzene rings is 1. The molecule has 6 heteroatoms. The fourth-order valence-corrected chi connectivity index (χ4v) is 4.24. The maximum absolute atomic E-state index is 12.6. The summed E-state index contributed by atoms with van der Waals surface area (Å²) in [5, 5.41) is 3.28. The lowest BCUT2D eigenvalue weighted by Gasteiger charge is -2.33. The molecule has 27 heavy (non-hydrogen) atoms. The predicted molar refractivity (Wildman–Crippen MR) is 106 cm³/mol. The summed E-state index contributed by atoms with van der Waals surface area (Å²) in [6.45, 7) is 1.60. The van der Waals surface area contributed by atoms with E-state index in [2.05, 4.69) is 15.2 Å². The molecule has 1 aromatic carbocycles. The number of fused-ring (bicyclic) bond motifs is 1. The van der Waals surface area contributed by atoms with Crippen LogP contribution in [0.1, 0.15) is 44.9 Å². The highest BCUT2D eigenvalue weighted by molar-refractivity contribution is 5.80. The summed E-state index contributed by atoms with van der Waals surface area (Å²) < 4.78 is 5.49. The Bertz CT molecular complexity index is 796. The third-order valence-corrected chi connectivity index (χ3v) is 5.83. The van der Waals surface area contributed by atoms with Crippen molar-refractivity contribution in [1.29, 1.82) is 0 Å². The van der Waals surface area contributed by atoms with Gasteiger partial charge >= 0.3 is 0 Å². The van der Waals surface area contributed by atoms with Gasteiger partial charge in [0.05, 0.1) is 18.1 Å². The van der Waals surface area contributed by atoms with Crippen molar-refractivity contribution in [3.05, 3.63) is 24.3 Å². The van der Waals surface area contributed by atoms with E-state index in [0.717, 1.165) is 55.6 Å². The maximum atomic E-state index is 12.6. The molecule has 1 aliphatic carbocycles. The van der Waals surface area contributed by atoms with E-state index in [1.807, 2.05) is 24.3 Å². The number of carbonyl (C=O) groups is 1. The summed E-state index contributed by atoms with van der Waals surface area (Å²) in [4.78, 5) is 24.2. The second kappa shape index (κ2) is 8.11. The molecule has 2 aliphatic rings. The minimum atomic E-state index is 0.0996. The van der Waals surface area contributed by atoms with Crippen molar-refractivity contribution in [2.75, 3.05) is 25.1 Å². The number of amides is 1. The van der Waals surface area contributed by atoms with Crippen LogP contribution < -0.4 is 15.0 Å². The Balaban J connectivity index is 1.41. The van der Waals surface area contributed by atoms with Crippen molar-refractivity contribution in [3.8, 4) is 5.88 Å². The number of anilines is 1. The first-order valence-corrected chi connectivity index (χ1v) is 10.1. The third kappa shape index (κ3) is 3.99. The number of methoxy groups -OCH3 is 1. The SMILES string of the molecule is COc1nc2ccccc2nc1N1CCC(C(=O)NC2CCCCC2)CC1. The molecule has 0 radical (unpaired) electrons. The Labute approximate surface area is 160 Å². The highest BCUT2D eigenvalue weighted by Crippen LogP contribution is 2.30. The van der Waals surface area contributed by atoms with Crippen molar-refractivity contribution in [2.45, 2.75) is 51.0 Å². The second-order valence-corrected chi connectivity index (χ2v) is 7.65. The van der Waals surface area contributed by atoms with Gasteiger partial charge in [0, 0.05) is 25.0 Å². The lowest BCUT2D eigenvalue weighted by molar-refractivity contribution is -0.126. The van der Waals surface area contributed by atoms with Crippen molar-refractivity contribution < 1.29 is 9.53 Å². The summed E-state index contributed by atoms with van der Waals surface area (Å²) in [5.41, 5.74) is 1.70. The number of para-hydroxylation sites is 2. The zero-order valence-corrected chi connectivity index (χ0v) is 16.0. The van der Waals surface area contributed by atoms with E-state index in [-0.39, 0.29) is 11.8 Å². The molecule has 1 amide bonds. The highest BCUT2D eigenvalue weighted by atomic mass is 16.5. The topological polar surface area (TPSA) is 67.4 Å². The molecule has 4 rings (SSSR count). The zero-order chi connectivity index (χ0) is 18.6. The van der Waals surface area contributed by atoms with Gasteiger partial charge in [-0.15, -0.1) is 0 Å². The molecule has 2 fully saturated rings. The van der Waals surface area contributed by atoms with Crippen LogP contribution in [0.5, 0.6) is 5.88 Å². The van der Waals surface area contributed by atoms with Crippen molar-refractivity contribution in [2.24, 2.45) is 5.92 Å². The van der Waals surface area contributed by atoms with Gasteiger partial charge in [-0.2, -0.15) is 0 Å². The molecule has 1 saturated heterocycles. The van der Waals surface area contributed by atoms with Gasteiger partial charge in [-0.1, -0.05) is 31.4 Å². The minimum Gasteiger partial charge on any atom is -0.478 e. The van der Waals surface area contributed by atoms with Crippen LogP contribution in [0.15, 0.2) is 24.3 Å². The molecular weight excluding hydrogens is 340 g/mol. The lowest BCUT2D eigenvalue weighted by atomic mass is 9.92. The Kier molecular flexibility index (Phi) is 5.41. The normalized spacial score (nSPS) is 19.2. The molecule has 6 nitrogen and oxygen atoms in total. The average molecular weight is 368 g/mol. The largest absolute Gasteiger partial charge is 0.478 e. The van der Waals surface area contributed by atoms with Crippen LogP contribution in [0.3, 0.4) is 0 Å². The summed E-state index contributed by atoms with van der Waals surface area (Å²) in [6.07, 6.45) is 7.74. The average Bonchev–Trinajstić information content (AvgIpc) is 2.73. The summed E-state index contributed by atoms with van der Waals surface area (Å²) in [5.74, 6) is 1.67. The van der Waals surface area contributed by atoms with Crippen LogP contribution >= 0.6 is 0 Å². The van der Waals surface area contributed by atoms with Crippen LogP contribution in [0, 0.1) is 5.92 Å². The molecule has 144 valence electrons. The van der Waals surface area contributed by atoms with E-state index in [4.69, 9.17) is 9.72 Å². The fraction of sp³-hybridized carbons (Fsp3) is 0.571. The molecule has 0 bridgehead atoms. The number of ether oxygens (including phenoxy) is 1. The molecular formula is C21H28N4O2. The first-order valence-electron chi connectivity index (χ1n) is 10.1. The van der Waals surface area contributed by atoms with E-state index in [9.17, 15) is 4.79 Å². The van der Waals surface area contributed by atoms with Gasteiger partial charge < -0.3 is 15.0 Å². The summed E-state index contributed by atoms with van der Waals surface area (Å²) in [7, 11) is 1.63. The van der Waals surface area contributed by atoms with E-state index in [1.165, 1.54) is 19.3 Å². The second-order valence-electron chi connectivity index (χ2n) is 7.65. The molecule has 2 aromatic rings. The standard InChI is InChI=1S/C21H28N4O2/c1-27-21-19(23-17-9-5-6-10-18(17)24-21)25-13-11-15(12-14-25)20(26)22-16-7-3-2-4-8-16/h5-6,9-10,15-16H,2-4,7-8,11-14H2,1H3,(H,22,26). The smallest absolute Gasteiger partial charge is 0.257 e. The van der Waals surface area contributed by atoms with Gasteiger partial charge in [0.15, 0.2) is 5.82 Å². The number of rotatable bonds is 4. The number of piperidine rings is 1. The van der Waals surface area contributed by atoms with Gasteiger partial charge in [-0.05, 0) is 37.8 Å². The van der Waals surface area contributed by atoms with E-state index < -0.39 is 0 Å². The number of nitrogens with one attached hydrogen (secondary N) is 1. The van der Waals surface area contributed by atoms with Crippen LogP contribution in [-0.2, 0) is 4.79 Å². The lowest BCUT2D eigenvalue weighted by Crippen LogP contribution is -2.44. The van der Waals surface area contributed by atoms with Gasteiger partial charge in [-0.3, -0.25) is 4.79 Å². The number of aromatic nitrogens is 2. The number of carbonyl (C=O) groups excluding carboxylic acids is 1. The fourth-order valence-electron chi connectivity index (χ4n) is 4.24. The van der Waals surface area contributed by atoms with E-state index >= 15 is 0 Å². The van der Waals surface area contributed by atoms with Gasteiger partial charge in [0.25, 0.3) is 5.88 Å². The number of nitrogens with zero attached hydrogens (tertiary/aromatic N) is 3. The number of hydrogen-bond donors (Lipinski definition) is 1. The molecule has 0 spiro atoms. The van der Waals surface area contributed by atoms with E-state index in [0.29, 0.717) is 11.9 Å². The Hall–Kier alpha value is -2.37. The first-order chi connectivity index (χ1) is 13.2. The molecule has 1 saturated carbocycles.